The Kier molecular flexibility index (Phi) is 3.01. The van der Waals surface area contributed by atoms with Gasteiger partial charge in [0.05, 0.1) is 7.11 Å². The average molecular weight is 307 g/mol. The van der Waals surface area contributed by atoms with E-state index in [1.807, 2.05) is 48.5 Å². The van der Waals surface area contributed by atoms with Gasteiger partial charge in [0.15, 0.2) is 5.54 Å². The molecule has 116 valence electrons. The van der Waals surface area contributed by atoms with E-state index in [0.717, 1.165) is 23.1 Å². The standard InChI is InChI=1S/C19H17NO3/c1-23-18(22)19-12-14-7-2-4-8-15(14)17(21)20(19)11-10-13-6-3-5-9-16(13)19/h2-9H,10-12H2,1H3. The van der Waals surface area contributed by atoms with Crippen LogP contribution in [0.4, 0.5) is 0 Å². The van der Waals surface area contributed by atoms with Gasteiger partial charge in [0.2, 0.25) is 0 Å². The highest BCUT2D eigenvalue weighted by Crippen LogP contribution is 2.43. The molecule has 0 aromatic heterocycles. The highest BCUT2D eigenvalue weighted by atomic mass is 16.5. The van der Waals surface area contributed by atoms with Crippen LogP contribution in [-0.2, 0) is 27.9 Å². The Bertz CT molecular complexity index is 814. The Morgan fingerprint density at radius 2 is 1.78 bits per heavy atom. The number of rotatable bonds is 1. The molecule has 0 aliphatic carbocycles. The second kappa shape index (κ2) is 4.95. The minimum atomic E-state index is -1.05. The van der Waals surface area contributed by atoms with Crippen LogP contribution >= 0.6 is 0 Å². The van der Waals surface area contributed by atoms with E-state index in [-0.39, 0.29) is 11.9 Å². The zero-order valence-corrected chi connectivity index (χ0v) is 12.9. The first-order valence-electron chi connectivity index (χ1n) is 7.75. The molecule has 2 aliphatic heterocycles. The number of hydrogen-bond acceptors (Lipinski definition) is 3. The number of carbonyl (C=O) groups excluding carboxylic acids is 2. The first-order chi connectivity index (χ1) is 11.2. The normalized spacial score (nSPS) is 22.0. The third kappa shape index (κ3) is 1.78. The molecule has 2 aromatic carbocycles. The van der Waals surface area contributed by atoms with Crippen LogP contribution in [0.3, 0.4) is 0 Å². The van der Waals surface area contributed by atoms with Crippen LogP contribution < -0.4 is 0 Å². The summed E-state index contributed by atoms with van der Waals surface area (Å²) in [6.45, 7) is 0.527. The highest BCUT2D eigenvalue weighted by Gasteiger charge is 2.54. The van der Waals surface area contributed by atoms with Gasteiger partial charge in [-0.1, -0.05) is 42.5 Å². The predicted octanol–water partition coefficient (Wildman–Crippen LogP) is 2.31. The maximum Gasteiger partial charge on any atom is 0.336 e. The van der Waals surface area contributed by atoms with Crippen molar-refractivity contribution in [1.82, 2.24) is 4.90 Å². The SMILES string of the molecule is COC(=O)C12Cc3ccccc3C(=O)N1CCc1ccccc12. The number of amides is 1. The van der Waals surface area contributed by atoms with E-state index in [4.69, 9.17) is 4.74 Å². The fourth-order valence-electron chi connectivity index (χ4n) is 3.94. The molecule has 4 nitrogen and oxygen atoms in total. The van der Waals surface area contributed by atoms with Crippen molar-refractivity contribution in [3.05, 3.63) is 70.8 Å². The smallest absolute Gasteiger partial charge is 0.336 e. The van der Waals surface area contributed by atoms with E-state index >= 15 is 0 Å². The molecule has 0 bridgehead atoms. The summed E-state index contributed by atoms with van der Waals surface area (Å²) in [7, 11) is 1.39. The number of benzene rings is 2. The van der Waals surface area contributed by atoms with Crippen molar-refractivity contribution < 1.29 is 14.3 Å². The lowest BCUT2D eigenvalue weighted by atomic mass is 9.73. The largest absolute Gasteiger partial charge is 0.467 e. The summed E-state index contributed by atoms with van der Waals surface area (Å²) in [4.78, 5) is 27.5. The summed E-state index contributed by atoms with van der Waals surface area (Å²) in [6.07, 6.45) is 1.21. The molecule has 0 radical (unpaired) electrons. The number of nitrogens with zero attached hydrogens (tertiary/aromatic N) is 1. The summed E-state index contributed by atoms with van der Waals surface area (Å²) in [5, 5.41) is 0. The summed E-state index contributed by atoms with van der Waals surface area (Å²) < 4.78 is 5.14. The van der Waals surface area contributed by atoms with Crippen LogP contribution in [0.2, 0.25) is 0 Å². The Hall–Kier alpha value is -2.62. The lowest BCUT2D eigenvalue weighted by Gasteiger charge is -2.48. The van der Waals surface area contributed by atoms with Crippen molar-refractivity contribution in [1.29, 1.82) is 0 Å². The average Bonchev–Trinajstić information content (AvgIpc) is 2.61. The predicted molar refractivity (Wildman–Crippen MR) is 85.0 cm³/mol. The number of esters is 1. The number of ether oxygens (including phenoxy) is 1. The minimum absolute atomic E-state index is 0.0910. The molecular formula is C19H17NO3. The summed E-state index contributed by atoms with van der Waals surface area (Å²) in [6, 6.07) is 15.4. The molecule has 4 rings (SSSR count). The van der Waals surface area contributed by atoms with Gasteiger partial charge in [-0.05, 0) is 29.2 Å². The van der Waals surface area contributed by atoms with Gasteiger partial charge < -0.3 is 9.64 Å². The monoisotopic (exact) mass is 307 g/mol. The van der Waals surface area contributed by atoms with Gasteiger partial charge in [-0.3, -0.25) is 4.79 Å². The maximum absolute atomic E-state index is 13.0. The van der Waals surface area contributed by atoms with Crippen LogP contribution in [0.1, 0.15) is 27.0 Å². The molecular weight excluding hydrogens is 290 g/mol. The van der Waals surface area contributed by atoms with Crippen LogP contribution in [0.15, 0.2) is 48.5 Å². The molecule has 2 aromatic rings. The van der Waals surface area contributed by atoms with E-state index < -0.39 is 5.54 Å². The zero-order valence-electron chi connectivity index (χ0n) is 12.9. The molecule has 1 unspecified atom stereocenters. The van der Waals surface area contributed by atoms with Gasteiger partial charge in [0, 0.05) is 18.5 Å². The van der Waals surface area contributed by atoms with Crippen molar-refractivity contribution in [2.45, 2.75) is 18.4 Å². The lowest BCUT2D eigenvalue weighted by molar-refractivity contribution is -0.155. The summed E-state index contributed by atoms with van der Waals surface area (Å²) >= 11 is 0. The van der Waals surface area contributed by atoms with Crippen LogP contribution in [0.5, 0.6) is 0 Å². The Labute approximate surface area is 134 Å². The van der Waals surface area contributed by atoms with Crippen LogP contribution in [-0.4, -0.2) is 30.4 Å². The number of fused-ring (bicyclic) bond motifs is 4. The second-order valence-corrected chi connectivity index (χ2v) is 6.05. The molecule has 2 heterocycles. The lowest BCUT2D eigenvalue weighted by Crippen LogP contribution is -2.61. The summed E-state index contributed by atoms with van der Waals surface area (Å²) in [5.74, 6) is -0.459. The van der Waals surface area contributed by atoms with Gasteiger partial charge in [-0.2, -0.15) is 0 Å². The fourth-order valence-corrected chi connectivity index (χ4v) is 3.94. The van der Waals surface area contributed by atoms with Crippen LogP contribution in [0.25, 0.3) is 0 Å². The van der Waals surface area contributed by atoms with E-state index in [1.165, 1.54) is 7.11 Å². The van der Waals surface area contributed by atoms with Crippen molar-refractivity contribution in [3.8, 4) is 0 Å². The van der Waals surface area contributed by atoms with Crippen molar-refractivity contribution in [2.75, 3.05) is 13.7 Å². The van der Waals surface area contributed by atoms with E-state index in [0.29, 0.717) is 18.5 Å². The van der Waals surface area contributed by atoms with Gasteiger partial charge in [0.1, 0.15) is 0 Å². The number of hydrogen-bond donors (Lipinski definition) is 0. The molecule has 0 saturated carbocycles. The van der Waals surface area contributed by atoms with Crippen LogP contribution in [0, 0.1) is 0 Å². The first-order valence-corrected chi connectivity index (χ1v) is 7.75. The van der Waals surface area contributed by atoms with Crippen molar-refractivity contribution in [2.24, 2.45) is 0 Å². The van der Waals surface area contributed by atoms with Crippen molar-refractivity contribution >= 4 is 11.9 Å². The van der Waals surface area contributed by atoms with E-state index in [9.17, 15) is 9.59 Å². The summed E-state index contributed by atoms with van der Waals surface area (Å²) in [5.41, 5.74) is 2.54. The van der Waals surface area contributed by atoms with Gasteiger partial charge >= 0.3 is 5.97 Å². The molecule has 4 heteroatoms. The molecule has 0 N–H and O–H groups in total. The van der Waals surface area contributed by atoms with Gasteiger partial charge in [0.25, 0.3) is 5.91 Å². The topological polar surface area (TPSA) is 46.6 Å². The fraction of sp³-hybridized carbons (Fsp3) is 0.263. The van der Waals surface area contributed by atoms with Gasteiger partial charge in [-0.25, -0.2) is 4.79 Å². The molecule has 23 heavy (non-hydrogen) atoms. The maximum atomic E-state index is 13.0. The highest BCUT2D eigenvalue weighted by molar-refractivity contribution is 6.02. The molecule has 0 spiro atoms. The zero-order chi connectivity index (χ0) is 16.0. The van der Waals surface area contributed by atoms with E-state index in [1.54, 1.807) is 4.90 Å². The Balaban J connectivity index is 2.00. The molecule has 1 amide bonds. The molecule has 2 aliphatic rings. The van der Waals surface area contributed by atoms with E-state index in [2.05, 4.69) is 0 Å². The first kappa shape index (κ1) is 14.0. The minimum Gasteiger partial charge on any atom is -0.467 e. The Morgan fingerprint density at radius 3 is 2.57 bits per heavy atom. The third-order valence-corrected chi connectivity index (χ3v) is 4.99. The molecule has 1 atom stereocenters. The Morgan fingerprint density at radius 1 is 1.09 bits per heavy atom. The molecule has 0 saturated heterocycles. The third-order valence-electron chi connectivity index (χ3n) is 4.99. The second-order valence-electron chi connectivity index (χ2n) is 6.05. The number of carbonyl (C=O) groups is 2. The van der Waals surface area contributed by atoms with Gasteiger partial charge in [-0.15, -0.1) is 0 Å². The van der Waals surface area contributed by atoms with Crippen molar-refractivity contribution in [3.63, 3.8) is 0 Å². The molecule has 0 fully saturated rings. The number of methoxy groups -OCH3 is 1. The quantitative estimate of drug-likeness (QED) is 0.760.